The van der Waals surface area contributed by atoms with Gasteiger partial charge < -0.3 is 5.32 Å². The molecule has 0 spiro atoms. The van der Waals surface area contributed by atoms with E-state index in [1.807, 2.05) is 0 Å². The number of hydrogen-bond acceptors (Lipinski definition) is 1. The first-order valence-electron chi connectivity index (χ1n) is 4.10. The number of hydrogen-bond donors (Lipinski definition) is 1. The number of piperidine rings is 1. The third-order valence-electron chi connectivity index (χ3n) is 2.91. The highest BCUT2D eigenvalue weighted by Crippen LogP contribution is 2.40. The molecule has 60 valence electrons. The maximum atomic E-state index is 5.28. The third-order valence-corrected chi connectivity index (χ3v) is 3.56. The van der Waals surface area contributed by atoms with Crippen LogP contribution in [0.15, 0.2) is 12.2 Å². The Morgan fingerprint density at radius 2 is 2.27 bits per heavy atom. The fourth-order valence-corrected chi connectivity index (χ4v) is 2.17. The molecule has 1 saturated heterocycles. The molecule has 0 radical (unpaired) electrons. The molecule has 2 atom stereocenters. The second kappa shape index (κ2) is 2.07. The van der Waals surface area contributed by atoms with Crippen LogP contribution in [0, 0.1) is 11.3 Å². The first-order chi connectivity index (χ1) is 5.10. The molecular weight excluding hydrogens is 154 g/mol. The van der Waals surface area contributed by atoms with E-state index in [9.17, 15) is 0 Å². The van der Waals surface area contributed by atoms with E-state index in [2.05, 4.69) is 31.3 Å². The van der Waals surface area contributed by atoms with E-state index >= 15 is 0 Å². The molecule has 2 bridgehead atoms. The Hall–Kier alpha value is -0.370. The van der Waals surface area contributed by atoms with Crippen molar-refractivity contribution in [2.45, 2.75) is 26.3 Å². The van der Waals surface area contributed by atoms with Gasteiger partial charge in [0.1, 0.15) is 0 Å². The molecule has 11 heavy (non-hydrogen) atoms. The standard InChI is InChI=1S/C9H13NS/c1-9(2)6-3-4-7(5-6)10-8(9)11/h3-4,6-7H,5H2,1-2H3,(H,10,11). The fourth-order valence-electron chi connectivity index (χ4n) is 1.86. The van der Waals surface area contributed by atoms with E-state index in [1.54, 1.807) is 0 Å². The zero-order chi connectivity index (χ0) is 8.06. The summed E-state index contributed by atoms with van der Waals surface area (Å²) in [6, 6.07) is 0.528. The van der Waals surface area contributed by atoms with Crippen LogP contribution in [0.1, 0.15) is 20.3 Å². The van der Waals surface area contributed by atoms with Gasteiger partial charge in [-0.15, -0.1) is 0 Å². The molecule has 2 heteroatoms. The zero-order valence-corrected chi connectivity index (χ0v) is 7.74. The summed E-state index contributed by atoms with van der Waals surface area (Å²) in [7, 11) is 0. The molecule has 1 nitrogen and oxygen atoms in total. The highest BCUT2D eigenvalue weighted by molar-refractivity contribution is 7.80. The Balaban J connectivity index is 2.33. The van der Waals surface area contributed by atoms with E-state index in [0.717, 1.165) is 4.99 Å². The second-order valence-corrected chi connectivity index (χ2v) is 4.44. The summed E-state index contributed by atoms with van der Waals surface area (Å²) in [6.07, 6.45) is 5.77. The lowest BCUT2D eigenvalue weighted by Crippen LogP contribution is -2.48. The molecule has 2 aliphatic rings. The Kier molecular flexibility index (Phi) is 1.37. The minimum absolute atomic E-state index is 0.179. The van der Waals surface area contributed by atoms with E-state index in [-0.39, 0.29) is 5.41 Å². The minimum Gasteiger partial charge on any atom is -0.373 e. The fraction of sp³-hybridized carbons (Fsp3) is 0.667. The predicted octanol–water partition coefficient (Wildman–Crippen LogP) is 1.89. The van der Waals surface area contributed by atoms with Crippen molar-refractivity contribution in [2.75, 3.05) is 0 Å². The van der Waals surface area contributed by atoms with Crippen LogP contribution in [0.4, 0.5) is 0 Å². The van der Waals surface area contributed by atoms with Crippen LogP contribution in [-0.2, 0) is 0 Å². The van der Waals surface area contributed by atoms with Gasteiger partial charge in [-0.2, -0.15) is 0 Å². The van der Waals surface area contributed by atoms with Crippen molar-refractivity contribution in [2.24, 2.45) is 11.3 Å². The molecule has 0 aromatic heterocycles. The monoisotopic (exact) mass is 167 g/mol. The summed E-state index contributed by atoms with van der Waals surface area (Å²) in [5, 5.41) is 3.34. The molecule has 0 amide bonds. The van der Waals surface area contributed by atoms with Gasteiger partial charge in [-0.3, -0.25) is 0 Å². The topological polar surface area (TPSA) is 12.0 Å². The van der Waals surface area contributed by atoms with Gasteiger partial charge in [0.2, 0.25) is 0 Å². The highest BCUT2D eigenvalue weighted by Gasteiger charge is 2.40. The van der Waals surface area contributed by atoms with Gasteiger partial charge in [0, 0.05) is 11.5 Å². The van der Waals surface area contributed by atoms with Crippen LogP contribution in [-0.4, -0.2) is 11.0 Å². The van der Waals surface area contributed by atoms with Crippen molar-refractivity contribution in [3.05, 3.63) is 12.2 Å². The molecule has 1 aliphatic heterocycles. The summed E-state index contributed by atoms with van der Waals surface area (Å²) >= 11 is 5.28. The number of allylic oxidation sites excluding steroid dienone is 1. The summed E-state index contributed by atoms with van der Waals surface area (Å²) in [5.41, 5.74) is 0.179. The van der Waals surface area contributed by atoms with Gasteiger partial charge in [-0.05, 0) is 12.3 Å². The van der Waals surface area contributed by atoms with Crippen molar-refractivity contribution in [1.29, 1.82) is 0 Å². The Morgan fingerprint density at radius 3 is 3.00 bits per heavy atom. The first-order valence-corrected chi connectivity index (χ1v) is 4.51. The molecule has 2 unspecified atom stereocenters. The average Bonchev–Trinajstić information content (AvgIpc) is 2.31. The number of fused-ring (bicyclic) bond motifs is 2. The number of rotatable bonds is 0. The Bertz CT molecular complexity index is 230. The minimum atomic E-state index is 0.179. The van der Waals surface area contributed by atoms with Crippen molar-refractivity contribution in [3.8, 4) is 0 Å². The lowest BCUT2D eigenvalue weighted by molar-refractivity contribution is 0.321. The second-order valence-electron chi connectivity index (χ2n) is 4.03. The predicted molar refractivity (Wildman–Crippen MR) is 50.5 cm³/mol. The summed E-state index contributed by atoms with van der Waals surface area (Å²) < 4.78 is 0. The van der Waals surface area contributed by atoms with E-state index in [0.29, 0.717) is 12.0 Å². The van der Waals surface area contributed by atoms with E-state index in [1.165, 1.54) is 6.42 Å². The summed E-state index contributed by atoms with van der Waals surface area (Å²) in [5.74, 6) is 0.668. The zero-order valence-electron chi connectivity index (χ0n) is 6.92. The third kappa shape index (κ3) is 0.924. The van der Waals surface area contributed by atoms with E-state index < -0.39 is 0 Å². The number of nitrogens with one attached hydrogen (secondary N) is 1. The quantitative estimate of drug-likeness (QED) is 0.437. The molecule has 2 rings (SSSR count). The van der Waals surface area contributed by atoms with Crippen molar-refractivity contribution < 1.29 is 0 Å². The molecule has 1 N–H and O–H groups in total. The smallest absolute Gasteiger partial charge is 0.0821 e. The maximum absolute atomic E-state index is 5.28. The molecular formula is C9H13NS. The van der Waals surface area contributed by atoms with Gasteiger partial charge in [0.15, 0.2) is 0 Å². The van der Waals surface area contributed by atoms with Crippen LogP contribution < -0.4 is 5.32 Å². The number of thiocarbonyl (C=S) groups is 1. The van der Waals surface area contributed by atoms with Crippen LogP contribution in [0.25, 0.3) is 0 Å². The van der Waals surface area contributed by atoms with Gasteiger partial charge in [0.05, 0.1) is 4.99 Å². The molecule has 1 aliphatic carbocycles. The first kappa shape index (κ1) is 7.29. The highest BCUT2D eigenvalue weighted by atomic mass is 32.1. The van der Waals surface area contributed by atoms with Crippen molar-refractivity contribution in [1.82, 2.24) is 5.32 Å². The summed E-state index contributed by atoms with van der Waals surface area (Å²) in [4.78, 5) is 1.03. The molecule has 1 fully saturated rings. The normalized spacial score (nSPS) is 38.9. The largest absolute Gasteiger partial charge is 0.373 e. The molecule has 0 aromatic rings. The lowest BCUT2D eigenvalue weighted by atomic mass is 9.76. The van der Waals surface area contributed by atoms with Gasteiger partial charge in [-0.1, -0.05) is 38.2 Å². The van der Waals surface area contributed by atoms with E-state index in [4.69, 9.17) is 12.2 Å². The average molecular weight is 167 g/mol. The van der Waals surface area contributed by atoms with Crippen molar-refractivity contribution in [3.63, 3.8) is 0 Å². The molecule has 1 heterocycles. The summed E-state index contributed by atoms with van der Waals surface area (Å²) in [6.45, 7) is 4.44. The van der Waals surface area contributed by atoms with Crippen LogP contribution >= 0.6 is 12.2 Å². The maximum Gasteiger partial charge on any atom is 0.0821 e. The van der Waals surface area contributed by atoms with Crippen LogP contribution in [0.3, 0.4) is 0 Å². The van der Waals surface area contributed by atoms with Crippen molar-refractivity contribution >= 4 is 17.2 Å². The Morgan fingerprint density at radius 1 is 1.55 bits per heavy atom. The SMILES string of the molecule is CC1(C)C(=S)NC2C=CC1C2. The van der Waals surface area contributed by atoms with Crippen LogP contribution in [0.5, 0.6) is 0 Å². The van der Waals surface area contributed by atoms with Crippen LogP contribution in [0.2, 0.25) is 0 Å². The Labute approximate surface area is 72.9 Å². The van der Waals surface area contributed by atoms with Gasteiger partial charge >= 0.3 is 0 Å². The van der Waals surface area contributed by atoms with Gasteiger partial charge in [0.25, 0.3) is 0 Å². The molecule has 0 aromatic carbocycles. The van der Waals surface area contributed by atoms with Gasteiger partial charge in [-0.25, -0.2) is 0 Å². The molecule has 0 saturated carbocycles. The lowest BCUT2D eigenvalue weighted by Gasteiger charge is -2.37.